The number of rotatable bonds is 4. The molecule has 1 fully saturated rings. The van der Waals surface area contributed by atoms with Gasteiger partial charge in [-0.2, -0.15) is 0 Å². The Balaban J connectivity index is 2.20. The molecule has 5 nitrogen and oxygen atoms in total. The monoisotopic (exact) mass is 347 g/mol. The van der Waals surface area contributed by atoms with Gasteiger partial charge >= 0.3 is 0 Å². The van der Waals surface area contributed by atoms with Crippen molar-refractivity contribution in [3.63, 3.8) is 0 Å². The molecule has 1 saturated heterocycles. The lowest BCUT2D eigenvalue weighted by Gasteiger charge is -2.23. The molecule has 0 aromatic heterocycles. The van der Waals surface area contributed by atoms with Crippen LogP contribution in [-0.2, 0) is 16.4 Å². The molecule has 1 atom stereocenters. The minimum Gasteiger partial charge on any atom is -0.493 e. The molecular weight excluding hydrogens is 326 g/mol. The van der Waals surface area contributed by atoms with E-state index in [9.17, 15) is 8.42 Å². The van der Waals surface area contributed by atoms with E-state index in [4.69, 9.17) is 21.1 Å². The molecule has 0 bridgehead atoms. The molecule has 0 N–H and O–H groups in total. The van der Waals surface area contributed by atoms with Gasteiger partial charge in [0.15, 0.2) is 21.3 Å². The molecule has 1 aromatic carbocycles. The molecule has 0 saturated carbocycles. The number of nitrogens with zero attached hydrogens (tertiary/aromatic N) is 1. The summed E-state index contributed by atoms with van der Waals surface area (Å²) in [6, 6.07) is 3.71. The van der Waals surface area contributed by atoms with Gasteiger partial charge in [-0.3, -0.25) is 4.90 Å². The Bertz CT molecular complexity index is 633. The molecule has 0 aliphatic carbocycles. The summed E-state index contributed by atoms with van der Waals surface area (Å²) < 4.78 is 34.2. The summed E-state index contributed by atoms with van der Waals surface area (Å²) >= 11 is 6.40. The maximum atomic E-state index is 11.8. The van der Waals surface area contributed by atoms with Crippen molar-refractivity contribution in [1.82, 2.24) is 4.90 Å². The number of ether oxygens (including phenoxy) is 2. The lowest BCUT2D eigenvalue weighted by molar-refractivity contribution is 0.256. The van der Waals surface area contributed by atoms with Gasteiger partial charge in [-0.05, 0) is 17.5 Å². The third-order valence-electron chi connectivity index (χ3n) is 3.79. The van der Waals surface area contributed by atoms with Crippen LogP contribution in [0.5, 0.6) is 11.5 Å². The Hall–Kier alpha value is -0.980. The molecule has 1 unspecified atom stereocenters. The largest absolute Gasteiger partial charge is 0.493 e. The van der Waals surface area contributed by atoms with Crippen molar-refractivity contribution in [2.45, 2.75) is 13.5 Å². The third kappa shape index (κ3) is 4.06. The number of sulfone groups is 1. The summed E-state index contributed by atoms with van der Waals surface area (Å²) in [4.78, 5) is 2.13. The van der Waals surface area contributed by atoms with E-state index in [0.29, 0.717) is 29.6 Å². The quantitative estimate of drug-likeness (QED) is 0.836. The molecule has 2 rings (SSSR count). The lowest BCUT2D eigenvalue weighted by Crippen LogP contribution is -2.28. The zero-order valence-electron chi connectivity index (χ0n) is 13.1. The summed E-state index contributed by atoms with van der Waals surface area (Å²) in [7, 11) is 0.168. The first kappa shape index (κ1) is 17.4. The van der Waals surface area contributed by atoms with E-state index in [0.717, 1.165) is 12.1 Å². The van der Waals surface area contributed by atoms with E-state index in [2.05, 4.69) is 4.90 Å². The van der Waals surface area contributed by atoms with Crippen molar-refractivity contribution in [2.24, 2.45) is 5.92 Å². The molecule has 7 heteroatoms. The fourth-order valence-corrected chi connectivity index (χ4v) is 4.77. The number of methoxy groups -OCH3 is 2. The summed E-state index contributed by atoms with van der Waals surface area (Å²) in [5.74, 6) is 1.66. The molecule has 0 amide bonds. The first-order chi connectivity index (χ1) is 10.4. The average molecular weight is 348 g/mol. The Morgan fingerprint density at radius 3 is 2.68 bits per heavy atom. The van der Waals surface area contributed by atoms with Gasteiger partial charge in [0.05, 0.1) is 30.7 Å². The van der Waals surface area contributed by atoms with Crippen molar-refractivity contribution in [1.29, 1.82) is 0 Å². The molecule has 124 valence electrons. The van der Waals surface area contributed by atoms with Gasteiger partial charge in [-0.25, -0.2) is 8.42 Å². The number of hydrogen-bond acceptors (Lipinski definition) is 5. The summed E-state index contributed by atoms with van der Waals surface area (Å²) in [6.45, 7) is 3.83. The van der Waals surface area contributed by atoms with Crippen molar-refractivity contribution in [3.05, 3.63) is 22.7 Å². The third-order valence-corrected chi connectivity index (χ3v) is 6.08. The van der Waals surface area contributed by atoms with Gasteiger partial charge in [0, 0.05) is 19.6 Å². The highest BCUT2D eigenvalue weighted by Crippen LogP contribution is 2.37. The van der Waals surface area contributed by atoms with Crippen molar-refractivity contribution >= 4 is 21.4 Å². The Morgan fingerprint density at radius 2 is 2.05 bits per heavy atom. The second kappa shape index (κ2) is 7.06. The van der Waals surface area contributed by atoms with Crippen LogP contribution in [-0.4, -0.2) is 52.1 Å². The molecule has 1 heterocycles. The molecule has 22 heavy (non-hydrogen) atoms. The topological polar surface area (TPSA) is 55.8 Å². The number of benzene rings is 1. The van der Waals surface area contributed by atoms with E-state index in [1.54, 1.807) is 14.2 Å². The van der Waals surface area contributed by atoms with Crippen molar-refractivity contribution in [3.8, 4) is 11.5 Å². The highest BCUT2D eigenvalue weighted by Gasteiger charge is 2.25. The van der Waals surface area contributed by atoms with E-state index >= 15 is 0 Å². The predicted octanol–water partition coefficient (Wildman–Crippen LogP) is 2.22. The fraction of sp³-hybridized carbons (Fsp3) is 0.600. The van der Waals surface area contributed by atoms with E-state index < -0.39 is 9.84 Å². The molecule has 1 aliphatic heterocycles. The normalized spacial score (nSPS) is 22.1. The van der Waals surface area contributed by atoms with Gasteiger partial charge in [0.1, 0.15) is 0 Å². The minimum atomic E-state index is -2.95. The Morgan fingerprint density at radius 1 is 1.32 bits per heavy atom. The highest BCUT2D eigenvalue weighted by atomic mass is 35.5. The zero-order valence-corrected chi connectivity index (χ0v) is 14.7. The van der Waals surface area contributed by atoms with Gasteiger partial charge in [-0.1, -0.05) is 24.6 Å². The summed E-state index contributed by atoms with van der Waals surface area (Å²) in [5, 5.41) is 0.515. The van der Waals surface area contributed by atoms with Crippen LogP contribution in [0.2, 0.25) is 5.02 Å². The number of halogens is 1. The second-order valence-corrected chi connectivity index (χ2v) is 8.34. The lowest BCUT2D eigenvalue weighted by atomic mass is 10.1. The standard InChI is InChI=1S/C15H22ClNO4S/c1-11-8-17(6-7-22(18,19)10-11)9-12-4-5-13(20-2)15(21-3)14(12)16/h4-5,11H,6-10H2,1-3H3. The minimum absolute atomic E-state index is 0.117. The van der Waals surface area contributed by atoms with E-state index in [-0.39, 0.29) is 17.4 Å². The van der Waals surface area contributed by atoms with Crippen LogP contribution in [0, 0.1) is 5.92 Å². The fourth-order valence-electron chi connectivity index (χ4n) is 2.81. The molecule has 0 radical (unpaired) electrons. The second-order valence-electron chi connectivity index (χ2n) is 5.73. The van der Waals surface area contributed by atoms with Crippen molar-refractivity contribution < 1.29 is 17.9 Å². The smallest absolute Gasteiger partial charge is 0.179 e. The summed E-state index contributed by atoms with van der Waals surface area (Å²) in [5.41, 5.74) is 0.908. The zero-order chi connectivity index (χ0) is 16.3. The van der Waals surface area contributed by atoms with Gasteiger partial charge in [-0.15, -0.1) is 0 Å². The van der Waals surface area contributed by atoms with Crippen LogP contribution in [0.4, 0.5) is 0 Å². The first-order valence-corrected chi connectivity index (χ1v) is 9.38. The van der Waals surface area contributed by atoms with E-state index in [1.807, 2.05) is 19.1 Å². The van der Waals surface area contributed by atoms with Crippen LogP contribution in [0.1, 0.15) is 12.5 Å². The molecular formula is C15H22ClNO4S. The van der Waals surface area contributed by atoms with Crippen LogP contribution in [0.15, 0.2) is 12.1 Å². The maximum absolute atomic E-state index is 11.8. The predicted molar refractivity (Wildman–Crippen MR) is 87.7 cm³/mol. The maximum Gasteiger partial charge on any atom is 0.179 e. The Kier molecular flexibility index (Phi) is 5.58. The summed E-state index contributed by atoms with van der Waals surface area (Å²) in [6.07, 6.45) is 0. The van der Waals surface area contributed by atoms with Gasteiger partial charge in [0.2, 0.25) is 0 Å². The molecule has 0 spiro atoms. The first-order valence-electron chi connectivity index (χ1n) is 7.18. The van der Waals surface area contributed by atoms with Crippen molar-refractivity contribution in [2.75, 3.05) is 38.8 Å². The van der Waals surface area contributed by atoms with Gasteiger partial charge in [0.25, 0.3) is 0 Å². The average Bonchev–Trinajstić information content (AvgIpc) is 2.58. The SMILES string of the molecule is COc1ccc(CN2CCS(=O)(=O)CC(C)C2)c(Cl)c1OC. The van der Waals surface area contributed by atoms with E-state index in [1.165, 1.54) is 0 Å². The van der Waals surface area contributed by atoms with Crippen LogP contribution in [0.3, 0.4) is 0 Å². The Labute approximate surface area is 137 Å². The highest BCUT2D eigenvalue weighted by molar-refractivity contribution is 7.91. The molecule has 1 aromatic rings. The van der Waals surface area contributed by atoms with Crippen LogP contribution in [0.25, 0.3) is 0 Å². The van der Waals surface area contributed by atoms with Crippen LogP contribution < -0.4 is 9.47 Å². The molecule has 1 aliphatic rings. The number of hydrogen-bond donors (Lipinski definition) is 0. The van der Waals surface area contributed by atoms with Gasteiger partial charge < -0.3 is 9.47 Å². The van der Waals surface area contributed by atoms with Crippen LogP contribution >= 0.6 is 11.6 Å².